The molecule has 0 bridgehead atoms. The first-order valence-corrected chi connectivity index (χ1v) is 5.79. The highest BCUT2D eigenvalue weighted by molar-refractivity contribution is 5.95. The molecule has 20 heavy (non-hydrogen) atoms. The zero-order valence-electron chi connectivity index (χ0n) is 11.1. The Labute approximate surface area is 116 Å². The van der Waals surface area contributed by atoms with Crippen LogP contribution in [0.5, 0.6) is 17.4 Å². The van der Waals surface area contributed by atoms with Crippen LogP contribution in [-0.2, 0) is 4.74 Å². The molecule has 104 valence electrons. The van der Waals surface area contributed by atoms with Gasteiger partial charge in [-0.2, -0.15) is 0 Å². The first-order chi connectivity index (χ1) is 9.63. The van der Waals surface area contributed by atoms with Crippen molar-refractivity contribution in [2.24, 2.45) is 0 Å². The number of carbonyl (C=O) groups is 1. The number of benzene rings is 1. The van der Waals surface area contributed by atoms with Crippen LogP contribution < -0.4 is 15.2 Å². The number of hydrogen-bond acceptors (Lipinski definition) is 6. The van der Waals surface area contributed by atoms with Crippen LogP contribution in [0.3, 0.4) is 0 Å². The third kappa shape index (κ3) is 2.97. The van der Waals surface area contributed by atoms with E-state index in [9.17, 15) is 4.79 Å². The first kappa shape index (κ1) is 13.7. The Bertz CT molecular complexity index is 611. The number of carbonyl (C=O) groups excluding carboxylic acids is 1. The van der Waals surface area contributed by atoms with E-state index in [2.05, 4.69) is 9.72 Å². The van der Waals surface area contributed by atoms with Gasteiger partial charge >= 0.3 is 5.97 Å². The molecule has 0 saturated heterocycles. The van der Waals surface area contributed by atoms with Crippen LogP contribution in [0.4, 0.5) is 5.69 Å². The third-order valence-electron chi connectivity index (χ3n) is 2.60. The maximum Gasteiger partial charge on any atom is 0.340 e. The van der Waals surface area contributed by atoms with Crippen molar-refractivity contribution in [1.82, 2.24) is 4.98 Å². The molecule has 6 nitrogen and oxygen atoms in total. The van der Waals surface area contributed by atoms with Crippen molar-refractivity contribution >= 4 is 11.7 Å². The van der Waals surface area contributed by atoms with Gasteiger partial charge in [-0.1, -0.05) is 0 Å². The highest BCUT2D eigenvalue weighted by atomic mass is 16.5. The van der Waals surface area contributed by atoms with E-state index in [1.165, 1.54) is 19.4 Å². The molecular formula is C14H14N2O4. The van der Waals surface area contributed by atoms with E-state index < -0.39 is 5.97 Å². The van der Waals surface area contributed by atoms with Gasteiger partial charge in [-0.15, -0.1) is 0 Å². The van der Waals surface area contributed by atoms with Gasteiger partial charge in [0.05, 0.1) is 31.7 Å². The predicted molar refractivity (Wildman–Crippen MR) is 73.1 cm³/mol. The molecule has 0 amide bonds. The van der Waals surface area contributed by atoms with E-state index in [4.69, 9.17) is 15.2 Å². The summed E-state index contributed by atoms with van der Waals surface area (Å²) in [4.78, 5) is 15.5. The molecule has 0 aliphatic carbocycles. The molecule has 2 aromatic rings. The number of hydrogen-bond donors (Lipinski definition) is 1. The van der Waals surface area contributed by atoms with Crippen molar-refractivity contribution in [2.75, 3.05) is 20.0 Å². The normalized spacial score (nSPS) is 9.90. The molecule has 0 radical (unpaired) electrons. The first-order valence-electron chi connectivity index (χ1n) is 5.79. The lowest BCUT2D eigenvalue weighted by molar-refractivity contribution is 0.0601. The summed E-state index contributed by atoms with van der Waals surface area (Å²) in [5.74, 6) is 1.01. The van der Waals surface area contributed by atoms with Gasteiger partial charge in [0.2, 0.25) is 5.88 Å². The van der Waals surface area contributed by atoms with Crippen molar-refractivity contribution in [3.63, 3.8) is 0 Å². The van der Waals surface area contributed by atoms with E-state index >= 15 is 0 Å². The molecule has 2 N–H and O–H groups in total. The Morgan fingerprint density at radius 2 is 1.80 bits per heavy atom. The maximum absolute atomic E-state index is 11.5. The Kier molecular flexibility index (Phi) is 4.05. The summed E-state index contributed by atoms with van der Waals surface area (Å²) < 4.78 is 15.2. The molecule has 1 heterocycles. The second kappa shape index (κ2) is 5.92. The van der Waals surface area contributed by atoms with Gasteiger partial charge in [0.15, 0.2) is 0 Å². The number of nitrogen functional groups attached to an aromatic ring is 1. The minimum Gasteiger partial charge on any atom is -0.497 e. The summed E-state index contributed by atoms with van der Waals surface area (Å²) in [7, 11) is 2.87. The minimum absolute atomic E-state index is 0.214. The molecule has 6 heteroatoms. The average molecular weight is 274 g/mol. The number of ether oxygens (including phenoxy) is 3. The lowest BCUT2D eigenvalue weighted by atomic mass is 10.2. The van der Waals surface area contributed by atoms with E-state index in [-0.39, 0.29) is 17.1 Å². The maximum atomic E-state index is 11.5. The summed E-state index contributed by atoms with van der Waals surface area (Å²) >= 11 is 0. The second-order valence-corrected chi connectivity index (χ2v) is 3.88. The number of pyridine rings is 1. The highest BCUT2D eigenvalue weighted by Gasteiger charge is 2.12. The van der Waals surface area contributed by atoms with Crippen molar-refractivity contribution in [2.45, 2.75) is 0 Å². The number of rotatable bonds is 4. The van der Waals surface area contributed by atoms with E-state index in [0.717, 1.165) is 5.75 Å². The summed E-state index contributed by atoms with van der Waals surface area (Å²) in [6.45, 7) is 0. The summed E-state index contributed by atoms with van der Waals surface area (Å²) in [6.07, 6.45) is 1.35. The molecule has 1 aromatic heterocycles. The number of anilines is 1. The molecule has 0 atom stereocenters. The molecule has 0 unspecified atom stereocenters. The van der Waals surface area contributed by atoms with Crippen LogP contribution in [-0.4, -0.2) is 25.2 Å². The van der Waals surface area contributed by atoms with Crippen molar-refractivity contribution < 1.29 is 19.0 Å². The molecular weight excluding hydrogens is 260 g/mol. The fourth-order valence-corrected chi connectivity index (χ4v) is 1.55. The van der Waals surface area contributed by atoms with Crippen LogP contribution in [0, 0.1) is 0 Å². The zero-order valence-corrected chi connectivity index (χ0v) is 11.1. The van der Waals surface area contributed by atoms with Crippen LogP contribution >= 0.6 is 0 Å². The monoisotopic (exact) mass is 274 g/mol. The number of methoxy groups -OCH3 is 2. The number of nitrogens with two attached hydrogens (primary N) is 1. The second-order valence-electron chi connectivity index (χ2n) is 3.88. The Balaban J connectivity index is 2.22. The van der Waals surface area contributed by atoms with Crippen molar-refractivity contribution in [1.29, 1.82) is 0 Å². The quantitative estimate of drug-likeness (QED) is 0.861. The fourth-order valence-electron chi connectivity index (χ4n) is 1.55. The lowest BCUT2D eigenvalue weighted by Gasteiger charge is -2.08. The number of esters is 1. The molecule has 2 rings (SSSR count). The summed E-state index contributed by atoms with van der Waals surface area (Å²) in [6, 6.07) is 8.41. The Morgan fingerprint density at radius 3 is 2.40 bits per heavy atom. The van der Waals surface area contributed by atoms with E-state index in [0.29, 0.717) is 5.75 Å². The number of aromatic nitrogens is 1. The van der Waals surface area contributed by atoms with Crippen LogP contribution in [0.1, 0.15) is 10.4 Å². The SMILES string of the molecule is COC(=O)c1cc(Oc2ccc(OC)cc2)ncc1N. The topological polar surface area (TPSA) is 83.7 Å². The van der Waals surface area contributed by atoms with Gasteiger partial charge in [0.25, 0.3) is 0 Å². The van der Waals surface area contributed by atoms with Crippen LogP contribution in [0.2, 0.25) is 0 Å². The van der Waals surface area contributed by atoms with E-state index in [1.54, 1.807) is 31.4 Å². The number of nitrogens with zero attached hydrogens (tertiary/aromatic N) is 1. The largest absolute Gasteiger partial charge is 0.497 e. The molecule has 0 aliphatic rings. The van der Waals surface area contributed by atoms with Gasteiger partial charge in [-0.05, 0) is 24.3 Å². The van der Waals surface area contributed by atoms with Gasteiger partial charge in [0, 0.05) is 6.07 Å². The van der Waals surface area contributed by atoms with Gasteiger partial charge in [-0.25, -0.2) is 9.78 Å². The summed E-state index contributed by atoms with van der Waals surface area (Å²) in [5, 5.41) is 0. The van der Waals surface area contributed by atoms with E-state index in [1.807, 2.05) is 0 Å². The average Bonchev–Trinajstić information content (AvgIpc) is 2.49. The van der Waals surface area contributed by atoms with Crippen molar-refractivity contribution in [3.8, 4) is 17.4 Å². The fraction of sp³-hybridized carbons (Fsp3) is 0.143. The predicted octanol–water partition coefficient (Wildman–Crippen LogP) is 2.25. The Hall–Kier alpha value is -2.76. The van der Waals surface area contributed by atoms with Gasteiger partial charge < -0.3 is 19.9 Å². The molecule has 0 spiro atoms. The zero-order chi connectivity index (χ0) is 14.5. The minimum atomic E-state index is -0.538. The highest BCUT2D eigenvalue weighted by Crippen LogP contribution is 2.24. The standard InChI is InChI=1S/C14H14N2O4/c1-18-9-3-5-10(6-4-9)20-13-7-11(14(17)19-2)12(15)8-16-13/h3-8H,15H2,1-2H3. The smallest absolute Gasteiger partial charge is 0.340 e. The molecule has 0 saturated carbocycles. The third-order valence-corrected chi connectivity index (χ3v) is 2.60. The van der Waals surface area contributed by atoms with Crippen molar-refractivity contribution in [3.05, 3.63) is 42.1 Å². The van der Waals surface area contributed by atoms with Gasteiger partial charge in [-0.3, -0.25) is 0 Å². The molecule has 1 aromatic carbocycles. The molecule has 0 aliphatic heterocycles. The summed E-state index contributed by atoms with van der Waals surface area (Å²) in [5.41, 5.74) is 6.11. The van der Waals surface area contributed by atoms with Gasteiger partial charge in [0.1, 0.15) is 11.5 Å². The van der Waals surface area contributed by atoms with Crippen LogP contribution in [0.15, 0.2) is 36.5 Å². The lowest BCUT2D eigenvalue weighted by Crippen LogP contribution is -2.06. The Morgan fingerprint density at radius 1 is 1.15 bits per heavy atom. The van der Waals surface area contributed by atoms with Crippen LogP contribution in [0.25, 0.3) is 0 Å². The molecule has 0 fully saturated rings.